The Morgan fingerprint density at radius 1 is 1.50 bits per heavy atom. The molecule has 0 unspecified atom stereocenters. The number of hydrogen-bond donors (Lipinski definition) is 1. The molecule has 0 aliphatic rings. The van der Waals surface area contributed by atoms with E-state index < -0.39 is 6.61 Å². The summed E-state index contributed by atoms with van der Waals surface area (Å²) < 4.78 is 28.5. The molecule has 1 aromatic rings. The second-order valence-corrected chi connectivity index (χ2v) is 4.17. The zero-order chi connectivity index (χ0) is 12.1. The number of rotatable bonds is 5. The lowest BCUT2D eigenvalue weighted by Gasteiger charge is -2.11. The fourth-order valence-corrected chi connectivity index (χ4v) is 1.89. The predicted molar refractivity (Wildman–Crippen MR) is 63.1 cm³/mol. The average molecular weight is 311 g/mol. The summed E-state index contributed by atoms with van der Waals surface area (Å²) in [7, 11) is 0. The first-order valence-corrected chi connectivity index (χ1v) is 5.99. The molecule has 0 saturated heterocycles. The quantitative estimate of drug-likeness (QED) is 0.511. The van der Waals surface area contributed by atoms with Gasteiger partial charge in [-0.25, -0.2) is 0 Å². The number of carbonyl (C=O) groups excluding carboxylic acids is 1. The maximum Gasteiger partial charge on any atom is 0.387 e. The number of ketones is 1. The van der Waals surface area contributed by atoms with E-state index in [1.165, 1.54) is 12.1 Å². The van der Waals surface area contributed by atoms with Crippen LogP contribution in [0.2, 0.25) is 0 Å². The molecule has 0 aromatic heterocycles. The fourth-order valence-electron chi connectivity index (χ4n) is 1.20. The van der Waals surface area contributed by atoms with E-state index in [2.05, 4.69) is 33.3 Å². The van der Waals surface area contributed by atoms with Crippen LogP contribution in [0.5, 0.6) is 5.75 Å². The van der Waals surface area contributed by atoms with Crippen molar-refractivity contribution in [1.29, 1.82) is 0 Å². The van der Waals surface area contributed by atoms with Gasteiger partial charge in [0.15, 0.2) is 5.78 Å². The van der Waals surface area contributed by atoms with Crippen LogP contribution in [0.15, 0.2) is 23.1 Å². The first kappa shape index (κ1) is 13.4. The highest BCUT2D eigenvalue weighted by Gasteiger charge is 2.17. The van der Waals surface area contributed by atoms with Crippen molar-refractivity contribution < 1.29 is 18.3 Å². The molecule has 0 radical (unpaired) electrons. The number of alkyl halides is 3. The number of thiol groups is 1. The van der Waals surface area contributed by atoms with Crippen LogP contribution in [0.4, 0.5) is 8.78 Å². The Hall–Kier alpha value is -0.620. The Bertz CT molecular complexity index is 385. The first-order valence-electron chi connectivity index (χ1n) is 4.42. The molecular formula is C10H9BrF2O2S. The molecule has 1 rings (SSSR count). The Kier molecular flexibility index (Phi) is 5.21. The van der Waals surface area contributed by atoms with Crippen LogP contribution in [0.3, 0.4) is 0 Å². The topological polar surface area (TPSA) is 26.3 Å². The van der Waals surface area contributed by atoms with E-state index in [-0.39, 0.29) is 23.5 Å². The second kappa shape index (κ2) is 6.20. The maximum atomic E-state index is 12.1. The van der Waals surface area contributed by atoms with Gasteiger partial charge in [0, 0.05) is 16.6 Å². The standard InChI is InChI=1S/C10H9BrF2O2S/c11-5-4-6(14)9-7(15-10(12)13)2-1-3-8(9)16/h1-3,10,16H,4-5H2. The van der Waals surface area contributed by atoms with Gasteiger partial charge >= 0.3 is 6.61 Å². The lowest BCUT2D eigenvalue weighted by molar-refractivity contribution is -0.0502. The van der Waals surface area contributed by atoms with E-state index in [9.17, 15) is 13.6 Å². The van der Waals surface area contributed by atoms with Crippen LogP contribution >= 0.6 is 28.6 Å². The smallest absolute Gasteiger partial charge is 0.387 e. The van der Waals surface area contributed by atoms with Gasteiger partial charge in [0.25, 0.3) is 0 Å². The number of benzene rings is 1. The normalized spacial score (nSPS) is 10.6. The molecule has 0 bridgehead atoms. The highest BCUT2D eigenvalue weighted by molar-refractivity contribution is 9.09. The third kappa shape index (κ3) is 3.45. The van der Waals surface area contributed by atoms with Crippen LogP contribution in [0, 0.1) is 0 Å². The molecule has 88 valence electrons. The molecule has 0 aliphatic carbocycles. The summed E-state index contributed by atoms with van der Waals surface area (Å²) in [6.45, 7) is -2.95. The SMILES string of the molecule is O=C(CCBr)c1c(S)cccc1OC(F)F. The highest BCUT2D eigenvalue weighted by Crippen LogP contribution is 2.28. The maximum absolute atomic E-state index is 12.1. The van der Waals surface area contributed by atoms with Crippen molar-refractivity contribution in [2.24, 2.45) is 0 Å². The summed E-state index contributed by atoms with van der Waals surface area (Å²) in [5.41, 5.74) is 0.102. The Morgan fingerprint density at radius 3 is 2.75 bits per heavy atom. The van der Waals surface area contributed by atoms with Crippen LogP contribution in [0.1, 0.15) is 16.8 Å². The number of halogens is 3. The van der Waals surface area contributed by atoms with Gasteiger partial charge < -0.3 is 4.74 Å². The van der Waals surface area contributed by atoms with Crippen molar-refractivity contribution >= 4 is 34.3 Å². The molecule has 0 aliphatic heterocycles. The average Bonchev–Trinajstić information content (AvgIpc) is 2.16. The number of carbonyl (C=O) groups is 1. The molecular weight excluding hydrogens is 302 g/mol. The largest absolute Gasteiger partial charge is 0.434 e. The Labute approximate surface area is 106 Å². The van der Waals surface area contributed by atoms with E-state index in [1.807, 2.05) is 0 Å². The molecule has 0 heterocycles. The number of Topliss-reactive ketones (excluding diaryl/α,β-unsaturated/α-hetero) is 1. The van der Waals surface area contributed by atoms with Crippen LogP contribution < -0.4 is 4.74 Å². The molecule has 0 fully saturated rings. The van der Waals surface area contributed by atoms with Gasteiger partial charge in [0.2, 0.25) is 0 Å². The third-order valence-corrected chi connectivity index (χ3v) is 2.59. The van der Waals surface area contributed by atoms with Crippen molar-refractivity contribution in [3.63, 3.8) is 0 Å². The van der Waals surface area contributed by atoms with Gasteiger partial charge in [-0.15, -0.1) is 12.6 Å². The fraction of sp³-hybridized carbons (Fsp3) is 0.300. The van der Waals surface area contributed by atoms with E-state index >= 15 is 0 Å². The Balaban J connectivity index is 3.07. The molecule has 6 heteroatoms. The van der Waals surface area contributed by atoms with Crippen LogP contribution in [-0.2, 0) is 0 Å². The molecule has 1 aromatic carbocycles. The van der Waals surface area contributed by atoms with Crippen molar-refractivity contribution in [3.05, 3.63) is 23.8 Å². The van der Waals surface area contributed by atoms with Crippen molar-refractivity contribution in [2.45, 2.75) is 17.9 Å². The lowest BCUT2D eigenvalue weighted by atomic mass is 10.1. The highest BCUT2D eigenvalue weighted by atomic mass is 79.9. The summed E-state index contributed by atoms with van der Waals surface area (Å²) in [5.74, 6) is -0.411. The van der Waals surface area contributed by atoms with E-state index in [0.717, 1.165) is 0 Å². The summed E-state index contributed by atoms with van der Waals surface area (Å²) in [4.78, 5) is 12.0. The van der Waals surface area contributed by atoms with Crippen LogP contribution in [-0.4, -0.2) is 17.7 Å². The van der Waals surface area contributed by atoms with Gasteiger partial charge in [0.1, 0.15) is 5.75 Å². The molecule has 0 spiro atoms. The third-order valence-electron chi connectivity index (χ3n) is 1.82. The monoisotopic (exact) mass is 310 g/mol. The molecule has 16 heavy (non-hydrogen) atoms. The summed E-state index contributed by atoms with van der Waals surface area (Å²) in [6.07, 6.45) is 0.206. The van der Waals surface area contributed by atoms with Gasteiger partial charge in [0.05, 0.1) is 5.56 Å². The number of ether oxygens (including phenoxy) is 1. The first-order chi connectivity index (χ1) is 7.56. The summed E-state index contributed by atoms with van der Waals surface area (Å²) in [6, 6.07) is 4.39. The van der Waals surface area contributed by atoms with Gasteiger partial charge in [-0.3, -0.25) is 4.79 Å². The van der Waals surface area contributed by atoms with E-state index in [0.29, 0.717) is 10.2 Å². The summed E-state index contributed by atoms with van der Waals surface area (Å²) >= 11 is 7.17. The molecule has 0 atom stereocenters. The van der Waals surface area contributed by atoms with E-state index in [1.54, 1.807) is 6.07 Å². The molecule has 0 saturated carbocycles. The predicted octanol–water partition coefficient (Wildman–Crippen LogP) is 3.54. The van der Waals surface area contributed by atoms with Crippen molar-refractivity contribution in [3.8, 4) is 5.75 Å². The number of hydrogen-bond acceptors (Lipinski definition) is 3. The van der Waals surface area contributed by atoms with Crippen molar-refractivity contribution in [1.82, 2.24) is 0 Å². The molecule has 2 nitrogen and oxygen atoms in total. The van der Waals surface area contributed by atoms with Gasteiger partial charge in [-0.05, 0) is 12.1 Å². The Morgan fingerprint density at radius 2 is 2.19 bits per heavy atom. The van der Waals surface area contributed by atoms with E-state index in [4.69, 9.17) is 0 Å². The van der Waals surface area contributed by atoms with Gasteiger partial charge in [-0.1, -0.05) is 22.0 Å². The van der Waals surface area contributed by atoms with Crippen LogP contribution in [0.25, 0.3) is 0 Å². The summed E-state index contributed by atoms with van der Waals surface area (Å²) in [5, 5.41) is 0.460. The minimum atomic E-state index is -2.95. The molecule has 0 amide bonds. The minimum Gasteiger partial charge on any atom is -0.434 e. The molecule has 0 N–H and O–H groups in total. The zero-order valence-corrected chi connectivity index (χ0v) is 10.6. The zero-order valence-electron chi connectivity index (χ0n) is 8.12. The van der Waals surface area contributed by atoms with Gasteiger partial charge in [-0.2, -0.15) is 8.78 Å². The van der Waals surface area contributed by atoms with Crippen molar-refractivity contribution in [2.75, 3.05) is 5.33 Å². The lowest BCUT2D eigenvalue weighted by Crippen LogP contribution is -2.09. The second-order valence-electron chi connectivity index (χ2n) is 2.89. The minimum absolute atomic E-state index is 0.102.